The van der Waals surface area contributed by atoms with E-state index in [1.807, 2.05) is 0 Å². The summed E-state index contributed by atoms with van der Waals surface area (Å²) in [5.41, 5.74) is 0. The van der Waals surface area contributed by atoms with Crippen LogP contribution in [0.25, 0.3) is 0 Å². The molecule has 0 atom stereocenters. The number of sulfonamides is 1. The van der Waals surface area contributed by atoms with Gasteiger partial charge in [0, 0.05) is 0 Å². The van der Waals surface area contributed by atoms with Crippen LogP contribution in [0.15, 0.2) is 27.5 Å². The van der Waals surface area contributed by atoms with Crippen molar-refractivity contribution in [3.63, 3.8) is 0 Å². The average Bonchev–Trinajstić information content (AvgIpc) is 2.22. The van der Waals surface area contributed by atoms with Gasteiger partial charge < -0.3 is 4.74 Å². The molecule has 88 valence electrons. The van der Waals surface area contributed by atoms with Gasteiger partial charge in [0.15, 0.2) is 6.40 Å². The van der Waals surface area contributed by atoms with Crippen molar-refractivity contribution < 1.29 is 13.2 Å². The first kappa shape index (κ1) is 13.3. The molecule has 0 saturated carbocycles. The van der Waals surface area contributed by atoms with Gasteiger partial charge in [-0.05, 0) is 25.1 Å². The SMILES string of the molecule is CCO/C=N/S(=O)(=O)c1ccc(Cl)c(Cl)c1. The van der Waals surface area contributed by atoms with E-state index in [0.29, 0.717) is 6.61 Å². The van der Waals surface area contributed by atoms with Gasteiger partial charge in [0.1, 0.15) is 0 Å². The largest absolute Gasteiger partial charge is 0.483 e. The highest BCUT2D eigenvalue weighted by Gasteiger charge is 2.13. The van der Waals surface area contributed by atoms with Crippen molar-refractivity contribution in [2.75, 3.05) is 6.61 Å². The molecule has 16 heavy (non-hydrogen) atoms. The Balaban J connectivity index is 3.03. The molecule has 0 radical (unpaired) electrons. The zero-order valence-corrected chi connectivity index (χ0v) is 10.7. The summed E-state index contributed by atoms with van der Waals surface area (Å²) in [5, 5.41) is 0.448. The maximum atomic E-state index is 11.6. The van der Waals surface area contributed by atoms with Crippen molar-refractivity contribution in [2.45, 2.75) is 11.8 Å². The molecule has 0 amide bonds. The molecule has 0 aliphatic rings. The second-order valence-electron chi connectivity index (χ2n) is 2.72. The zero-order valence-electron chi connectivity index (χ0n) is 8.35. The quantitative estimate of drug-likeness (QED) is 0.630. The van der Waals surface area contributed by atoms with Crippen molar-refractivity contribution in [1.82, 2.24) is 0 Å². The van der Waals surface area contributed by atoms with Crippen molar-refractivity contribution in [2.24, 2.45) is 4.40 Å². The highest BCUT2D eigenvalue weighted by Crippen LogP contribution is 2.25. The van der Waals surface area contributed by atoms with E-state index in [1.54, 1.807) is 6.92 Å². The molecule has 0 heterocycles. The van der Waals surface area contributed by atoms with Crippen LogP contribution >= 0.6 is 23.2 Å². The van der Waals surface area contributed by atoms with E-state index in [4.69, 9.17) is 27.9 Å². The Labute approximate surface area is 104 Å². The first-order chi connectivity index (χ1) is 7.47. The molecule has 1 rings (SSSR count). The lowest BCUT2D eigenvalue weighted by Gasteiger charge is -2.00. The van der Waals surface area contributed by atoms with E-state index in [2.05, 4.69) is 4.40 Å². The molecule has 0 aliphatic heterocycles. The third-order valence-electron chi connectivity index (χ3n) is 1.61. The number of ether oxygens (including phenoxy) is 1. The van der Waals surface area contributed by atoms with E-state index >= 15 is 0 Å². The molecule has 0 spiro atoms. The molecule has 0 aromatic heterocycles. The Hall–Kier alpha value is -0.780. The van der Waals surface area contributed by atoms with E-state index in [-0.39, 0.29) is 14.9 Å². The van der Waals surface area contributed by atoms with Crippen molar-refractivity contribution in [3.05, 3.63) is 28.2 Å². The van der Waals surface area contributed by atoms with Gasteiger partial charge in [-0.3, -0.25) is 0 Å². The molecule has 1 aromatic carbocycles. The molecular formula is C9H9Cl2NO3S. The second-order valence-corrected chi connectivity index (χ2v) is 5.16. The van der Waals surface area contributed by atoms with Crippen molar-refractivity contribution in [3.8, 4) is 0 Å². The van der Waals surface area contributed by atoms with Gasteiger partial charge in [-0.2, -0.15) is 8.42 Å². The van der Waals surface area contributed by atoms with Gasteiger partial charge in [-0.1, -0.05) is 23.2 Å². The summed E-state index contributed by atoms with van der Waals surface area (Å²) in [6, 6.07) is 3.96. The Morgan fingerprint density at radius 3 is 2.62 bits per heavy atom. The van der Waals surface area contributed by atoms with Crippen LogP contribution in [0.3, 0.4) is 0 Å². The fourth-order valence-corrected chi connectivity index (χ4v) is 2.03. The number of rotatable bonds is 4. The van der Waals surface area contributed by atoms with E-state index in [0.717, 1.165) is 6.40 Å². The molecule has 0 N–H and O–H groups in total. The molecule has 0 fully saturated rings. The topological polar surface area (TPSA) is 55.7 Å². The fourth-order valence-electron chi connectivity index (χ4n) is 0.860. The minimum atomic E-state index is -3.77. The Morgan fingerprint density at radius 2 is 2.06 bits per heavy atom. The lowest BCUT2D eigenvalue weighted by atomic mass is 10.4. The predicted octanol–water partition coefficient (Wildman–Crippen LogP) is 2.75. The Kier molecular flexibility index (Phi) is 4.58. The molecular weight excluding hydrogens is 273 g/mol. The zero-order chi connectivity index (χ0) is 12.2. The van der Waals surface area contributed by atoms with Crippen LogP contribution in [0.1, 0.15) is 6.92 Å². The molecule has 0 saturated heterocycles. The summed E-state index contributed by atoms with van der Waals surface area (Å²) in [4.78, 5) is -0.0298. The minimum Gasteiger partial charge on any atom is -0.483 e. The molecule has 0 bridgehead atoms. The molecule has 1 aromatic rings. The Morgan fingerprint density at radius 1 is 1.38 bits per heavy atom. The summed E-state index contributed by atoms with van der Waals surface area (Å²) in [5.74, 6) is 0. The third-order valence-corrected chi connectivity index (χ3v) is 3.56. The van der Waals surface area contributed by atoms with E-state index in [1.165, 1.54) is 18.2 Å². The van der Waals surface area contributed by atoms with Crippen LogP contribution in [0.5, 0.6) is 0 Å². The number of nitrogens with zero attached hydrogens (tertiary/aromatic N) is 1. The number of benzene rings is 1. The highest BCUT2D eigenvalue weighted by molar-refractivity contribution is 7.90. The lowest BCUT2D eigenvalue weighted by molar-refractivity contribution is 0.344. The predicted molar refractivity (Wildman–Crippen MR) is 63.8 cm³/mol. The van der Waals surface area contributed by atoms with Gasteiger partial charge in [0.2, 0.25) is 0 Å². The minimum absolute atomic E-state index is 0.0298. The van der Waals surface area contributed by atoms with Crippen LogP contribution in [0.2, 0.25) is 10.0 Å². The van der Waals surface area contributed by atoms with Gasteiger partial charge in [-0.25, -0.2) is 0 Å². The molecule has 0 unspecified atom stereocenters. The van der Waals surface area contributed by atoms with Gasteiger partial charge in [-0.15, -0.1) is 4.40 Å². The van der Waals surface area contributed by atoms with Crippen LogP contribution < -0.4 is 0 Å². The maximum absolute atomic E-state index is 11.6. The summed E-state index contributed by atoms with van der Waals surface area (Å²) in [6.07, 6.45) is 0.887. The van der Waals surface area contributed by atoms with E-state index < -0.39 is 10.0 Å². The van der Waals surface area contributed by atoms with Crippen molar-refractivity contribution in [1.29, 1.82) is 0 Å². The highest BCUT2D eigenvalue weighted by atomic mass is 35.5. The summed E-state index contributed by atoms with van der Waals surface area (Å²) in [7, 11) is -3.77. The van der Waals surface area contributed by atoms with E-state index in [9.17, 15) is 8.42 Å². The van der Waals surface area contributed by atoms with Crippen LogP contribution in [0, 0.1) is 0 Å². The van der Waals surface area contributed by atoms with Crippen LogP contribution in [-0.2, 0) is 14.8 Å². The van der Waals surface area contributed by atoms with Crippen molar-refractivity contribution >= 4 is 39.6 Å². The summed E-state index contributed by atoms with van der Waals surface area (Å²) >= 11 is 11.4. The normalized spacial score (nSPS) is 11.9. The summed E-state index contributed by atoms with van der Waals surface area (Å²) in [6.45, 7) is 2.07. The number of hydrogen-bond donors (Lipinski definition) is 0. The fraction of sp³-hybridized carbons (Fsp3) is 0.222. The molecule has 4 nitrogen and oxygen atoms in total. The second kappa shape index (κ2) is 5.52. The standard InChI is InChI=1S/C9H9Cl2NO3S/c1-2-15-6-12-16(13,14)7-3-4-8(10)9(11)5-7/h3-6H,2H2,1H3/b12-6+. The first-order valence-corrected chi connectivity index (χ1v) is 6.52. The number of hydrogen-bond acceptors (Lipinski definition) is 3. The summed E-state index contributed by atoms with van der Waals surface area (Å²) < 4.78 is 31.2. The monoisotopic (exact) mass is 281 g/mol. The smallest absolute Gasteiger partial charge is 0.285 e. The maximum Gasteiger partial charge on any atom is 0.285 e. The Bertz CT molecular complexity index is 499. The first-order valence-electron chi connectivity index (χ1n) is 4.33. The third kappa shape index (κ3) is 3.37. The lowest BCUT2D eigenvalue weighted by Crippen LogP contribution is -1.98. The van der Waals surface area contributed by atoms with Gasteiger partial charge >= 0.3 is 0 Å². The van der Waals surface area contributed by atoms with Crippen LogP contribution in [0.4, 0.5) is 0 Å². The molecule has 0 aliphatic carbocycles. The van der Waals surface area contributed by atoms with Crippen LogP contribution in [-0.4, -0.2) is 21.4 Å². The number of halogens is 2. The van der Waals surface area contributed by atoms with Gasteiger partial charge in [0.25, 0.3) is 10.0 Å². The van der Waals surface area contributed by atoms with Gasteiger partial charge in [0.05, 0.1) is 21.5 Å². The molecule has 7 heteroatoms. The average molecular weight is 282 g/mol.